The fourth-order valence-electron chi connectivity index (χ4n) is 4.01. The van der Waals surface area contributed by atoms with Crippen LogP contribution in [0.3, 0.4) is 0 Å². The summed E-state index contributed by atoms with van der Waals surface area (Å²) in [6, 6.07) is 4.43. The Hall–Kier alpha value is -1.50. The number of likely N-dealkylation sites (tertiary alicyclic amines) is 2. The van der Waals surface area contributed by atoms with Gasteiger partial charge < -0.3 is 5.73 Å². The van der Waals surface area contributed by atoms with Gasteiger partial charge in [-0.1, -0.05) is 0 Å². The average Bonchev–Trinajstić information content (AvgIpc) is 3.28. The van der Waals surface area contributed by atoms with Gasteiger partial charge in [-0.2, -0.15) is 0 Å². The minimum absolute atomic E-state index is 0.393. The van der Waals surface area contributed by atoms with E-state index in [4.69, 9.17) is 5.73 Å². The van der Waals surface area contributed by atoms with Crippen LogP contribution in [0.4, 0.5) is 5.95 Å². The van der Waals surface area contributed by atoms with E-state index in [-0.39, 0.29) is 0 Å². The molecule has 2 N–H and O–H groups in total. The van der Waals surface area contributed by atoms with Crippen molar-refractivity contribution in [3.63, 3.8) is 0 Å². The van der Waals surface area contributed by atoms with Gasteiger partial charge in [0.15, 0.2) is 0 Å². The summed E-state index contributed by atoms with van der Waals surface area (Å²) in [6.45, 7) is 7.03. The first-order chi connectivity index (χ1) is 12.3. The smallest absolute Gasteiger partial charge is 0.220 e. The molecule has 0 unspecified atom stereocenters. The Bertz CT molecular complexity index is 687. The summed E-state index contributed by atoms with van der Waals surface area (Å²) in [5.41, 5.74) is 8.32. The second-order valence-electron chi connectivity index (χ2n) is 7.29. The second-order valence-corrected chi connectivity index (χ2v) is 8.29. The lowest BCUT2D eigenvalue weighted by molar-refractivity contribution is 0.205. The van der Waals surface area contributed by atoms with Gasteiger partial charge in [0.1, 0.15) is 0 Å². The van der Waals surface area contributed by atoms with Crippen molar-refractivity contribution < 1.29 is 0 Å². The number of hydrogen-bond acceptors (Lipinski definition) is 6. The summed E-state index contributed by atoms with van der Waals surface area (Å²) in [5.74, 6) is 0.916. The van der Waals surface area contributed by atoms with Crippen molar-refractivity contribution in [3.05, 3.63) is 39.8 Å². The number of hydrogen-bond donors (Lipinski definition) is 1. The van der Waals surface area contributed by atoms with Crippen molar-refractivity contribution in [2.45, 2.75) is 44.7 Å². The first-order valence-corrected chi connectivity index (χ1v) is 10.2. The monoisotopic (exact) mass is 357 g/mol. The van der Waals surface area contributed by atoms with Gasteiger partial charge in [-0.3, -0.25) is 9.80 Å². The van der Waals surface area contributed by atoms with Crippen LogP contribution in [0.15, 0.2) is 23.7 Å². The molecule has 0 bridgehead atoms. The molecule has 2 saturated heterocycles. The number of thiophene rings is 1. The lowest BCUT2D eigenvalue weighted by Crippen LogP contribution is -2.32. The first kappa shape index (κ1) is 16.9. The fourth-order valence-corrected chi connectivity index (χ4v) is 4.94. The average molecular weight is 358 g/mol. The van der Waals surface area contributed by atoms with E-state index >= 15 is 0 Å². The highest BCUT2D eigenvalue weighted by molar-refractivity contribution is 7.10. The Labute approximate surface area is 153 Å². The van der Waals surface area contributed by atoms with Crippen LogP contribution in [0.5, 0.6) is 0 Å². The minimum Gasteiger partial charge on any atom is -0.368 e. The van der Waals surface area contributed by atoms with E-state index in [9.17, 15) is 0 Å². The fraction of sp³-hybridized carbons (Fsp3) is 0.579. The van der Waals surface area contributed by atoms with Crippen molar-refractivity contribution in [2.75, 3.05) is 31.9 Å². The molecule has 5 nitrogen and oxygen atoms in total. The molecule has 2 aliphatic heterocycles. The molecule has 6 heteroatoms. The Balaban J connectivity index is 1.28. The molecule has 4 heterocycles. The van der Waals surface area contributed by atoms with E-state index in [0.29, 0.717) is 11.9 Å². The van der Waals surface area contributed by atoms with Gasteiger partial charge in [-0.05, 0) is 74.9 Å². The molecular weight excluding hydrogens is 330 g/mol. The topological polar surface area (TPSA) is 58.3 Å². The van der Waals surface area contributed by atoms with E-state index in [0.717, 1.165) is 44.7 Å². The van der Waals surface area contributed by atoms with Crippen LogP contribution >= 0.6 is 11.3 Å². The maximum atomic E-state index is 5.72. The molecule has 0 aromatic carbocycles. The standard InChI is InChI=1S/C19H27N5S/c20-19-21-6-3-18(22-19)16-4-9-24(10-5-16)13-17-11-15(14-25-17)12-23-7-1-2-8-23/h3,6,11,14,16H,1-2,4-5,7-10,12-13H2,(H2,20,21,22). The molecule has 0 aliphatic carbocycles. The molecule has 2 fully saturated rings. The predicted octanol–water partition coefficient (Wildman–Crippen LogP) is 3.10. The van der Waals surface area contributed by atoms with Gasteiger partial charge in [0.25, 0.3) is 0 Å². The van der Waals surface area contributed by atoms with E-state index < -0.39 is 0 Å². The number of piperidine rings is 1. The Morgan fingerprint density at radius 3 is 2.60 bits per heavy atom. The van der Waals surface area contributed by atoms with E-state index in [1.165, 1.54) is 36.4 Å². The SMILES string of the molecule is Nc1nccc(C2CCN(Cc3cc(CN4CCCC4)cs3)CC2)n1. The maximum Gasteiger partial charge on any atom is 0.220 e. The number of nitrogen functional groups attached to an aromatic ring is 1. The molecule has 2 aromatic heterocycles. The van der Waals surface area contributed by atoms with Crippen molar-refractivity contribution >= 4 is 17.3 Å². The zero-order valence-electron chi connectivity index (χ0n) is 14.7. The largest absolute Gasteiger partial charge is 0.368 e. The van der Waals surface area contributed by atoms with Crippen LogP contribution in [-0.4, -0.2) is 45.9 Å². The number of nitrogens with zero attached hydrogens (tertiary/aromatic N) is 4. The third kappa shape index (κ3) is 4.37. The lowest BCUT2D eigenvalue weighted by Gasteiger charge is -2.31. The summed E-state index contributed by atoms with van der Waals surface area (Å²) in [6.07, 6.45) is 6.82. The van der Waals surface area contributed by atoms with Crippen LogP contribution in [-0.2, 0) is 13.1 Å². The number of aromatic nitrogens is 2. The summed E-state index contributed by atoms with van der Waals surface area (Å²) < 4.78 is 0. The van der Waals surface area contributed by atoms with E-state index in [1.807, 2.05) is 17.4 Å². The summed E-state index contributed by atoms with van der Waals surface area (Å²) in [5, 5.41) is 2.35. The Morgan fingerprint density at radius 2 is 1.84 bits per heavy atom. The van der Waals surface area contributed by atoms with Crippen molar-refractivity contribution in [1.82, 2.24) is 19.8 Å². The molecule has 2 aromatic rings. The third-order valence-corrected chi connectivity index (χ3v) is 6.36. The summed E-state index contributed by atoms with van der Waals surface area (Å²) in [7, 11) is 0. The van der Waals surface area contributed by atoms with Crippen molar-refractivity contribution in [3.8, 4) is 0 Å². The van der Waals surface area contributed by atoms with Gasteiger partial charge in [0, 0.05) is 35.8 Å². The van der Waals surface area contributed by atoms with Crippen molar-refractivity contribution in [1.29, 1.82) is 0 Å². The summed E-state index contributed by atoms with van der Waals surface area (Å²) in [4.78, 5) is 15.1. The second kappa shape index (κ2) is 7.81. The molecule has 0 atom stereocenters. The number of rotatable bonds is 5. The molecule has 0 radical (unpaired) electrons. The first-order valence-electron chi connectivity index (χ1n) is 9.36. The van der Waals surface area contributed by atoms with Gasteiger partial charge in [0.05, 0.1) is 0 Å². The van der Waals surface area contributed by atoms with Gasteiger partial charge in [0.2, 0.25) is 5.95 Å². The zero-order chi connectivity index (χ0) is 17.1. The van der Waals surface area contributed by atoms with Crippen molar-refractivity contribution in [2.24, 2.45) is 0 Å². The molecule has 2 aliphatic rings. The van der Waals surface area contributed by atoms with Crippen LogP contribution in [0.2, 0.25) is 0 Å². The zero-order valence-corrected chi connectivity index (χ0v) is 15.5. The molecule has 0 saturated carbocycles. The van der Waals surface area contributed by atoms with Gasteiger partial charge >= 0.3 is 0 Å². The highest BCUT2D eigenvalue weighted by Gasteiger charge is 2.22. The molecule has 0 amide bonds. The quantitative estimate of drug-likeness (QED) is 0.891. The van der Waals surface area contributed by atoms with Crippen LogP contribution in [0, 0.1) is 0 Å². The number of nitrogens with two attached hydrogens (primary N) is 1. The molecular formula is C19H27N5S. The van der Waals surface area contributed by atoms with Crippen LogP contribution in [0.25, 0.3) is 0 Å². The lowest BCUT2D eigenvalue weighted by atomic mass is 9.93. The highest BCUT2D eigenvalue weighted by Crippen LogP contribution is 2.28. The van der Waals surface area contributed by atoms with Crippen LogP contribution < -0.4 is 5.73 Å². The predicted molar refractivity (Wildman–Crippen MR) is 103 cm³/mol. The van der Waals surface area contributed by atoms with Gasteiger partial charge in [-0.15, -0.1) is 11.3 Å². The Kier molecular flexibility index (Phi) is 5.29. The third-order valence-electron chi connectivity index (χ3n) is 5.39. The van der Waals surface area contributed by atoms with E-state index in [2.05, 4.69) is 31.2 Å². The van der Waals surface area contributed by atoms with Gasteiger partial charge in [-0.25, -0.2) is 9.97 Å². The maximum absolute atomic E-state index is 5.72. The Morgan fingerprint density at radius 1 is 1.08 bits per heavy atom. The summed E-state index contributed by atoms with van der Waals surface area (Å²) >= 11 is 1.92. The number of anilines is 1. The molecule has 25 heavy (non-hydrogen) atoms. The molecule has 134 valence electrons. The molecule has 0 spiro atoms. The normalized spacial score (nSPS) is 20.3. The molecule has 4 rings (SSSR count). The van der Waals surface area contributed by atoms with E-state index in [1.54, 1.807) is 6.20 Å². The highest BCUT2D eigenvalue weighted by atomic mass is 32.1. The van der Waals surface area contributed by atoms with Crippen LogP contribution in [0.1, 0.15) is 47.7 Å². The minimum atomic E-state index is 0.393.